The third-order valence-electron chi connectivity index (χ3n) is 8.74. The lowest BCUT2D eigenvalue weighted by molar-refractivity contribution is -0.149. The lowest BCUT2D eigenvalue weighted by atomic mass is 9.83. The Labute approximate surface area is 304 Å². The van der Waals surface area contributed by atoms with E-state index in [1.165, 1.54) is 12.1 Å². The minimum Gasteiger partial charge on any atom is -0.444 e. The van der Waals surface area contributed by atoms with Crippen LogP contribution in [0.15, 0.2) is 53.5 Å². The number of halogens is 4. The maximum Gasteiger partial charge on any atom is 0.408 e. The molecule has 0 spiro atoms. The lowest BCUT2D eigenvalue weighted by Crippen LogP contribution is -2.52. The van der Waals surface area contributed by atoms with Crippen molar-refractivity contribution in [1.82, 2.24) is 10.6 Å². The summed E-state index contributed by atoms with van der Waals surface area (Å²) in [7, 11) is 0. The van der Waals surface area contributed by atoms with Gasteiger partial charge in [0, 0.05) is 29.4 Å². The fourth-order valence-corrected chi connectivity index (χ4v) is 5.96. The number of alkyl halides is 3. The molecule has 2 aromatic carbocycles. The van der Waals surface area contributed by atoms with E-state index in [1.54, 1.807) is 65.0 Å². The molecule has 2 aliphatic rings. The third-order valence-corrected chi connectivity index (χ3v) is 8.74. The number of nitrogens with one attached hydrogen (secondary N) is 2. The summed E-state index contributed by atoms with van der Waals surface area (Å²) in [5.41, 5.74) is 4.88. The smallest absolute Gasteiger partial charge is 0.408 e. The number of ether oxygens (including phenoxy) is 2. The van der Waals surface area contributed by atoms with Gasteiger partial charge in [-0.3, -0.25) is 19.3 Å². The zero-order chi connectivity index (χ0) is 39.2. The Bertz CT molecular complexity index is 1710. The molecular weight excluding hydrogens is 702 g/mol. The second-order valence-electron chi connectivity index (χ2n) is 14.6. The van der Waals surface area contributed by atoms with E-state index in [1.807, 2.05) is 0 Å². The first-order valence-electron chi connectivity index (χ1n) is 17.3. The number of para-hydroxylation sites is 1. The van der Waals surface area contributed by atoms with Crippen LogP contribution in [0, 0.1) is 29.5 Å². The highest BCUT2D eigenvalue weighted by molar-refractivity contribution is 6.20. The van der Waals surface area contributed by atoms with Gasteiger partial charge in [0.2, 0.25) is 18.0 Å². The summed E-state index contributed by atoms with van der Waals surface area (Å²) in [5.74, 6) is -8.41. The number of esters is 1. The topological polar surface area (TPSA) is 169 Å². The molecule has 16 heteroatoms. The van der Waals surface area contributed by atoms with Crippen molar-refractivity contribution < 1.29 is 51.0 Å². The molecule has 4 rings (SSSR count). The minimum absolute atomic E-state index is 0.0121. The first-order chi connectivity index (χ1) is 24.8. The number of amides is 4. The first-order valence-corrected chi connectivity index (χ1v) is 17.3. The normalized spacial score (nSPS) is 17.8. The Morgan fingerprint density at radius 3 is 2.23 bits per heavy atom. The number of hydrogen-bond donors (Lipinski definition) is 3. The molecule has 0 bridgehead atoms. The highest BCUT2D eigenvalue weighted by atomic mass is 19.4. The third kappa shape index (κ3) is 11.2. The highest BCUT2D eigenvalue weighted by Crippen LogP contribution is 2.39. The van der Waals surface area contributed by atoms with Gasteiger partial charge in [0.1, 0.15) is 17.5 Å². The Morgan fingerprint density at radius 1 is 1.00 bits per heavy atom. The fourth-order valence-electron chi connectivity index (χ4n) is 5.96. The SMILES string of the molecule is CC(C)[C@H](NC(=O)OC(C)(C)C)C(=O)OCN1C(=O)[C@H](NC(=O)[C@H](CCC(F)(F)F)[C@@H](CC2CC2)C(N)=O)N=C(c2ccccc2)c2cccc(F)c21. The Balaban J connectivity index is 1.73. The molecule has 1 fully saturated rings. The Hall–Kier alpha value is -5.02. The van der Waals surface area contributed by atoms with Crippen molar-refractivity contribution in [3.8, 4) is 0 Å². The zero-order valence-corrected chi connectivity index (χ0v) is 30.2. The maximum atomic E-state index is 15.8. The van der Waals surface area contributed by atoms with Crippen LogP contribution < -0.4 is 21.3 Å². The van der Waals surface area contributed by atoms with E-state index in [0.717, 1.165) is 23.8 Å². The second kappa shape index (κ2) is 16.8. The number of anilines is 1. The summed E-state index contributed by atoms with van der Waals surface area (Å²) in [6.07, 6.45) is -8.09. The lowest BCUT2D eigenvalue weighted by Gasteiger charge is -2.29. The van der Waals surface area contributed by atoms with E-state index in [0.29, 0.717) is 5.56 Å². The molecule has 0 aromatic heterocycles. The number of nitrogens with two attached hydrogens (primary N) is 1. The summed E-state index contributed by atoms with van der Waals surface area (Å²) >= 11 is 0. The number of carbonyl (C=O) groups is 5. The van der Waals surface area contributed by atoms with Gasteiger partial charge in [-0.05, 0) is 51.5 Å². The van der Waals surface area contributed by atoms with Crippen molar-refractivity contribution in [3.63, 3.8) is 0 Å². The number of carbonyl (C=O) groups excluding carboxylic acids is 5. The Kier molecular flexibility index (Phi) is 12.9. The maximum absolute atomic E-state index is 15.8. The van der Waals surface area contributed by atoms with Crippen molar-refractivity contribution in [3.05, 3.63) is 65.5 Å². The highest BCUT2D eigenvalue weighted by Gasteiger charge is 2.42. The van der Waals surface area contributed by atoms with Gasteiger partial charge >= 0.3 is 18.2 Å². The van der Waals surface area contributed by atoms with Crippen LogP contribution in [0.3, 0.4) is 0 Å². The molecule has 2 aromatic rings. The van der Waals surface area contributed by atoms with Gasteiger partial charge in [0.05, 0.1) is 11.4 Å². The molecule has 0 unspecified atom stereocenters. The van der Waals surface area contributed by atoms with Gasteiger partial charge in [-0.25, -0.2) is 19.0 Å². The molecule has 0 radical (unpaired) electrons. The summed E-state index contributed by atoms with van der Waals surface area (Å²) in [6.45, 7) is 7.22. The molecule has 1 aliphatic heterocycles. The van der Waals surface area contributed by atoms with Crippen molar-refractivity contribution in [2.75, 3.05) is 11.6 Å². The fraction of sp³-hybridized carbons (Fsp3) is 0.514. The predicted molar refractivity (Wildman–Crippen MR) is 186 cm³/mol. The molecular formula is C37H45F4N5O7. The Morgan fingerprint density at radius 2 is 1.66 bits per heavy atom. The molecule has 288 valence electrons. The number of fused-ring (bicyclic) bond motifs is 1. The number of rotatable bonds is 14. The standard InChI is InChI=1S/C37H45F4N5O7/c1-20(2)27(44-35(51)53-36(3,4)5)34(50)52-19-46-29-24(12-9-13-26(29)38)28(22-10-7-6-8-11-22)43-31(33(46)49)45-32(48)23(16-17-37(39,40)41)25(30(42)47)18-21-14-15-21/h6-13,20-21,23,25,27,31H,14-19H2,1-5H3,(H2,42,47)(H,44,51)(H,45,48)/t23-,25-,27+,31+/m1/s1. The molecule has 12 nitrogen and oxygen atoms in total. The van der Waals surface area contributed by atoms with Crippen LogP contribution in [0.1, 0.15) is 77.8 Å². The molecule has 53 heavy (non-hydrogen) atoms. The zero-order valence-electron chi connectivity index (χ0n) is 30.2. The summed E-state index contributed by atoms with van der Waals surface area (Å²) in [5, 5.41) is 4.85. The van der Waals surface area contributed by atoms with Crippen molar-refractivity contribution in [1.29, 1.82) is 0 Å². The van der Waals surface area contributed by atoms with Gasteiger partial charge < -0.3 is 25.8 Å². The van der Waals surface area contributed by atoms with E-state index in [2.05, 4.69) is 15.6 Å². The van der Waals surface area contributed by atoms with Gasteiger partial charge in [-0.15, -0.1) is 0 Å². The number of primary amides is 1. The number of nitrogens with zero attached hydrogens (tertiary/aromatic N) is 2. The monoisotopic (exact) mass is 747 g/mol. The van der Waals surface area contributed by atoms with E-state index in [9.17, 15) is 37.1 Å². The predicted octanol–water partition coefficient (Wildman–Crippen LogP) is 5.36. The molecule has 1 saturated carbocycles. The van der Waals surface area contributed by atoms with Crippen LogP contribution >= 0.6 is 0 Å². The van der Waals surface area contributed by atoms with Crippen LogP contribution in [0.25, 0.3) is 0 Å². The summed E-state index contributed by atoms with van der Waals surface area (Å²) < 4.78 is 66.9. The van der Waals surface area contributed by atoms with Gasteiger partial charge in [-0.2, -0.15) is 13.2 Å². The average molecular weight is 748 g/mol. The summed E-state index contributed by atoms with van der Waals surface area (Å²) in [6, 6.07) is 10.9. The van der Waals surface area contributed by atoms with Gasteiger partial charge in [0.25, 0.3) is 5.91 Å². The first kappa shape index (κ1) is 40.7. The number of benzodiazepines with no additional fused rings is 1. The van der Waals surface area contributed by atoms with Gasteiger partial charge in [0.15, 0.2) is 6.73 Å². The van der Waals surface area contributed by atoms with Crippen molar-refractivity contribution in [2.24, 2.45) is 34.4 Å². The van der Waals surface area contributed by atoms with Crippen LogP contribution in [0.5, 0.6) is 0 Å². The van der Waals surface area contributed by atoms with E-state index >= 15 is 4.39 Å². The molecule has 0 saturated heterocycles. The number of benzene rings is 2. The van der Waals surface area contributed by atoms with E-state index in [4.69, 9.17) is 15.2 Å². The quantitative estimate of drug-likeness (QED) is 0.173. The minimum atomic E-state index is -4.66. The van der Waals surface area contributed by atoms with Crippen LogP contribution in [-0.4, -0.2) is 66.2 Å². The van der Waals surface area contributed by atoms with Crippen molar-refractivity contribution >= 4 is 41.2 Å². The summed E-state index contributed by atoms with van der Waals surface area (Å²) in [4.78, 5) is 71.9. The second-order valence-corrected chi connectivity index (χ2v) is 14.6. The van der Waals surface area contributed by atoms with E-state index in [-0.39, 0.29) is 29.3 Å². The van der Waals surface area contributed by atoms with Gasteiger partial charge in [-0.1, -0.05) is 69.2 Å². The number of hydrogen-bond acceptors (Lipinski definition) is 8. The number of alkyl carbamates (subject to hydrolysis) is 1. The van der Waals surface area contributed by atoms with Crippen molar-refractivity contribution in [2.45, 2.75) is 90.7 Å². The molecule has 1 aliphatic carbocycles. The largest absolute Gasteiger partial charge is 0.444 e. The molecule has 4 amide bonds. The van der Waals surface area contributed by atoms with Crippen LogP contribution in [0.4, 0.5) is 28.0 Å². The average Bonchev–Trinajstić information content (AvgIpc) is 3.89. The molecule has 4 atom stereocenters. The van der Waals surface area contributed by atoms with Crippen LogP contribution in [0.2, 0.25) is 0 Å². The number of aliphatic imine (C=N–C) groups is 1. The molecule has 1 heterocycles. The van der Waals surface area contributed by atoms with Crippen LogP contribution in [-0.2, 0) is 28.7 Å². The van der Waals surface area contributed by atoms with E-state index < -0.39 is 96.9 Å². The molecule has 4 N–H and O–H groups in total.